The first kappa shape index (κ1) is 30.8. The Morgan fingerprint density at radius 2 is 0.852 bits per heavy atom. The fraction of sp³-hybridized carbons (Fsp3) is 0. The van der Waals surface area contributed by atoms with Crippen LogP contribution in [0.25, 0.3) is 85.5 Å². The van der Waals surface area contributed by atoms with Crippen molar-refractivity contribution in [2.75, 3.05) is 4.90 Å². The average molecular weight is 704 g/mol. The van der Waals surface area contributed by atoms with E-state index in [0.717, 1.165) is 11.4 Å². The van der Waals surface area contributed by atoms with Crippen molar-refractivity contribution in [3.05, 3.63) is 200 Å². The van der Waals surface area contributed by atoms with Crippen LogP contribution >= 0.6 is 11.3 Å². The standard InChI is InChI=1S/C52H33NS/c1-2-12-34(13-3-1)41-17-8-9-22-46(41)53(47-23-11-21-45-51-44-19-7-5-15-36(44)30-33-48(51)54-52(45)47)40-31-28-37(29-32-40)43-20-10-16-38-26-27-39-25-24-35-14-4-6-18-42(35)50(39)49(38)43/h1-33H. The predicted molar refractivity (Wildman–Crippen MR) is 235 cm³/mol. The number of fused-ring (bicyclic) bond motifs is 10. The van der Waals surface area contributed by atoms with Crippen LogP contribution in [0, 0.1) is 0 Å². The lowest BCUT2D eigenvalue weighted by Crippen LogP contribution is -2.11. The van der Waals surface area contributed by atoms with Crippen LogP contribution in [-0.4, -0.2) is 0 Å². The molecule has 0 fully saturated rings. The van der Waals surface area contributed by atoms with Gasteiger partial charge in [0.05, 0.1) is 16.1 Å². The Morgan fingerprint density at radius 3 is 1.65 bits per heavy atom. The molecular weight excluding hydrogens is 671 g/mol. The van der Waals surface area contributed by atoms with Crippen molar-refractivity contribution >= 4 is 91.7 Å². The molecule has 0 saturated carbocycles. The Bertz CT molecular complexity index is 3210. The number of anilines is 3. The second-order valence-corrected chi connectivity index (χ2v) is 15.1. The second kappa shape index (κ2) is 12.4. The van der Waals surface area contributed by atoms with E-state index in [9.17, 15) is 0 Å². The molecule has 0 bridgehead atoms. The van der Waals surface area contributed by atoms with Crippen LogP contribution in [0.1, 0.15) is 0 Å². The van der Waals surface area contributed by atoms with Gasteiger partial charge in [0.2, 0.25) is 0 Å². The maximum absolute atomic E-state index is 2.47. The molecule has 1 aromatic heterocycles. The van der Waals surface area contributed by atoms with E-state index in [4.69, 9.17) is 0 Å². The van der Waals surface area contributed by atoms with Crippen molar-refractivity contribution in [1.82, 2.24) is 0 Å². The quantitative estimate of drug-likeness (QED) is 0.161. The van der Waals surface area contributed by atoms with Gasteiger partial charge in [0.25, 0.3) is 0 Å². The highest BCUT2D eigenvalue weighted by Gasteiger charge is 2.22. The Kier molecular flexibility index (Phi) is 7.11. The Labute approximate surface area is 317 Å². The van der Waals surface area contributed by atoms with E-state index in [1.54, 1.807) is 0 Å². The van der Waals surface area contributed by atoms with E-state index < -0.39 is 0 Å². The molecule has 1 nitrogen and oxygen atoms in total. The fourth-order valence-electron chi connectivity index (χ4n) is 8.57. The van der Waals surface area contributed by atoms with Crippen LogP contribution in [-0.2, 0) is 0 Å². The molecule has 0 aliphatic carbocycles. The highest BCUT2D eigenvalue weighted by Crippen LogP contribution is 2.49. The van der Waals surface area contributed by atoms with E-state index in [1.807, 2.05) is 11.3 Å². The summed E-state index contributed by atoms with van der Waals surface area (Å²) in [7, 11) is 0. The molecule has 0 saturated heterocycles. The summed E-state index contributed by atoms with van der Waals surface area (Å²) in [5.74, 6) is 0. The lowest BCUT2D eigenvalue weighted by atomic mass is 9.91. The summed E-state index contributed by atoms with van der Waals surface area (Å²) in [4.78, 5) is 2.47. The first-order chi connectivity index (χ1) is 26.8. The first-order valence-electron chi connectivity index (χ1n) is 18.5. The molecule has 1 heterocycles. The van der Waals surface area contributed by atoms with E-state index >= 15 is 0 Å². The van der Waals surface area contributed by atoms with Crippen molar-refractivity contribution in [1.29, 1.82) is 0 Å². The van der Waals surface area contributed by atoms with Crippen LogP contribution in [0.4, 0.5) is 17.1 Å². The number of nitrogens with zero attached hydrogens (tertiary/aromatic N) is 1. The molecule has 252 valence electrons. The molecule has 11 aromatic rings. The maximum atomic E-state index is 2.47. The summed E-state index contributed by atoms with van der Waals surface area (Å²) in [6.07, 6.45) is 0. The molecule has 0 aliphatic heterocycles. The van der Waals surface area contributed by atoms with Gasteiger partial charge in [-0.15, -0.1) is 11.3 Å². The first-order valence-corrected chi connectivity index (χ1v) is 19.3. The van der Waals surface area contributed by atoms with Crippen LogP contribution < -0.4 is 4.90 Å². The number of para-hydroxylation sites is 1. The summed E-state index contributed by atoms with van der Waals surface area (Å²) in [6, 6.07) is 73.4. The van der Waals surface area contributed by atoms with Gasteiger partial charge in [0, 0.05) is 26.7 Å². The molecule has 0 N–H and O–H groups in total. The highest BCUT2D eigenvalue weighted by atomic mass is 32.1. The molecule has 11 rings (SSSR count). The fourth-order valence-corrected chi connectivity index (χ4v) is 9.79. The van der Waals surface area contributed by atoms with Crippen molar-refractivity contribution in [3.63, 3.8) is 0 Å². The van der Waals surface area contributed by atoms with E-state index in [1.165, 1.54) is 91.2 Å². The van der Waals surface area contributed by atoms with Gasteiger partial charge in [-0.05, 0) is 90.1 Å². The monoisotopic (exact) mass is 703 g/mol. The van der Waals surface area contributed by atoms with Crippen molar-refractivity contribution in [2.24, 2.45) is 0 Å². The van der Waals surface area contributed by atoms with Gasteiger partial charge in [0.15, 0.2) is 0 Å². The summed E-state index contributed by atoms with van der Waals surface area (Å²) in [6.45, 7) is 0. The number of hydrogen-bond donors (Lipinski definition) is 0. The summed E-state index contributed by atoms with van der Waals surface area (Å²) in [5.41, 5.74) is 8.28. The van der Waals surface area contributed by atoms with Gasteiger partial charge in [-0.1, -0.05) is 170 Å². The third kappa shape index (κ3) is 4.85. The zero-order valence-corrected chi connectivity index (χ0v) is 30.2. The molecule has 0 aliphatic rings. The molecule has 54 heavy (non-hydrogen) atoms. The van der Waals surface area contributed by atoms with Gasteiger partial charge in [-0.3, -0.25) is 0 Å². The lowest BCUT2D eigenvalue weighted by Gasteiger charge is -2.28. The molecule has 0 spiro atoms. The molecule has 0 atom stereocenters. The van der Waals surface area contributed by atoms with Gasteiger partial charge in [-0.25, -0.2) is 0 Å². The predicted octanol–water partition coefficient (Wildman–Crippen LogP) is 15.5. The third-order valence-electron chi connectivity index (χ3n) is 11.0. The normalized spacial score (nSPS) is 11.7. The smallest absolute Gasteiger partial charge is 0.0640 e. The average Bonchev–Trinajstić information content (AvgIpc) is 3.64. The van der Waals surface area contributed by atoms with Crippen molar-refractivity contribution < 1.29 is 0 Å². The van der Waals surface area contributed by atoms with Crippen LogP contribution in [0.5, 0.6) is 0 Å². The van der Waals surface area contributed by atoms with Crippen molar-refractivity contribution in [3.8, 4) is 22.3 Å². The minimum atomic E-state index is 1.12. The molecular formula is C52H33NS. The Balaban J connectivity index is 1.14. The third-order valence-corrected chi connectivity index (χ3v) is 12.2. The van der Waals surface area contributed by atoms with Gasteiger partial charge in [0.1, 0.15) is 0 Å². The Morgan fingerprint density at radius 1 is 0.315 bits per heavy atom. The van der Waals surface area contributed by atoms with Crippen LogP contribution in [0.15, 0.2) is 200 Å². The van der Waals surface area contributed by atoms with Crippen molar-refractivity contribution in [2.45, 2.75) is 0 Å². The van der Waals surface area contributed by atoms with E-state index in [-0.39, 0.29) is 0 Å². The topological polar surface area (TPSA) is 3.24 Å². The zero-order valence-electron chi connectivity index (χ0n) is 29.4. The van der Waals surface area contributed by atoms with Gasteiger partial charge < -0.3 is 4.90 Å². The van der Waals surface area contributed by atoms with Crippen LogP contribution in [0.3, 0.4) is 0 Å². The summed E-state index contributed by atoms with van der Waals surface area (Å²) >= 11 is 1.88. The minimum Gasteiger partial charge on any atom is -0.308 e. The molecule has 10 aromatic carbocycles. The largest absolute Gasteiger partial charge is 0.308 e. The van der Waals surface area contributed by atoms with Crippen LogP contribution in [0.2, 0.25) is 0 Å². The number of rotatable bonds is 5. The second-order valence-electron chi connectivity index (χ2n) is 14.0. The highest BCUT2D eigenvalue weighted by molar-refractivity contribution is 7.26. The minimum absolute atomic E-state index is 1.12. The summed E-state index contributed by atoms with van der Waals surface area (Å²) in [5, 5.41) is 12.9. The number of benzene rings is 10. The Hall–Kier alpha value is -6.74. The summed E-state index contributed by atoms with van der Waals surface area (Å²) < 4.78 is 2.58. The molecule has 2 heteroatoms. The maximum Gasteiger partial charge on any atom is 0.0640 e. The lowest BCUT2D eigenvalue weighted by molar-refractivity contribution is 1.30. The zero-order chi connectivity index (χ0) is 35.6. The van der Waals surface area contributed by atoms with Gasteiger partial charge >= 0.3 is 0 Å². The molecule has 0 amide bonds. The molecule has 0 radical (unpaired) electrons. The van der Waals surface area contributed by atoms with E-state index in [2.05, 4.69) is 205 Å². The SMILES string of the molecule is c1ccc(-c2ccccc2N(c2ccc(-c3cccc4ccc5ccc6ccccc6c5c34)cc2)c2cccc3c2sc2ccc4ccccc4c23)cc1. The van der Waals surface area contributed by atoms with Gasteiger partial charge in [-0.2, -0.15) is 0 Å². The van der Waals surface area contributed by atoms with E-state index in [0.29, 0.717) is 0 Å². The molecule has 0 unspecified atom stereocenters. The number of thiophene rings is 1. The number of hydrogen-bond acceptors (Lipinski definition) is 2.